The summed E-state index contributed by atoms with van der Waals surface area (Å²) in [4.78, 5) is 2.17. The maximum atomic E-state index is 12.4. The third-order valence-corrected chi connectivity index (χ3v) is 6.55. The van der Waals surface area contributed by atoms with Crippen LogP contribution in [0.5, 0.6) is 0 Å². The number of sulfonamides is 1. The van der Waals surface area contributed by atoms with Gasteiger partial charge in [0.15, 0.2) is 0 Å². The van der Waals surface area contributed by atoms with E-state index in [0.29, 0.717) is 17.8 Å². The zero-order valence-corrected chi connectivity index (χ0v) is 19.0. The fourth-order valence-electron chi connectivity index (χ4n) is 3.42. The summed E-state index contributed by atoms with van der Waals surface area (Å²) in [7, 11) is -3.37. The second kappa shape index (κ2) is 13.7. The summed E-state index contributed by atoms with van der Waals surface area (Å²) in [6, 6.07) is 5.53. The Morgan fingerprint density at radius 1 is 0.857 bits per heavy atom. The molecule has 0 aromatic heterocycles. The van der Waals surface area contributed by atoms with Crippen molar-refractivity contribution >= 4 is 27.1 Å². The summed E-state index contributed by atoms with van der Waals surface area (Å²) >= 11 is 0. The average molecular weight is 412 g/mol. The van der Waals surface area contributed by atoms with E-state index in [4.69, 9.17) is 5.73 Å². The molecule has 1 aromatic rings. The number of hydrogen-bond acceptors (Lipinski definition) is 4. The monoisotopic (exact) mass is 411 g/mol. The summed E-state index contributed by atoms with van der Waals surface area (Å²) < 4.78 is 27.5. The predicted molar refractivity (Wildman–Crippen MR) is 124 cm³/mol. The van der Waals surface area contributed by atoms with Gasteiger partial charge in [-0.1, -0.05) is 64.7 Å². The third-order valence-electron chi connectivity index (χ3n) is 5.20. The molecular weight excluding hydrogens is 370 g/mol. The number of nitrogens with two attached hydrogens (primary N) is 1. The molecule has 0 saturated heterocycles. The SMILES string of the molecule is CCCCCCCCCCCCS(=O)(=O)Nc1cc(N(CC)CC)ccc1N. The van der Waals surface area contributed by atoms with Gasteiger partial charge in [-0.2, -0.15) is 0 Å². The normalized spacial score (nSPS) is 11.5. The highest BCUT2D eigenvalue weighted by atomic mass is 32.2. The van der Waals surface area contributed by atoms with E-state index in [1.807, 2.05) is 12.1 Å². The summed E-state index contributed by atoms with van der Waals surface area (Å²) in [6.45, 7) is 8.12. The van der Waals surface area contributed by atoms with Crippen LogP contribution >= 0.6 is 0 Å². The number of hydrogen-bond donors (Lipinski definition) is 2. The Morgan fingerprint density at radius 3 is 1.93 bits per heavy atom. The van der Waals surface area contributed by atoms with Crippen LogP contribution in [0, 0.1) is 0 Å². The number of benzene rings is 1. The summed E-state index contributed by atoms with van der Waals surface area (Å²) in [5, 5.41) is 0. The molecule has 0 bridgehead atoms. The highest BCUT2D eigenvalue weighted by molar-refractivity contribution is 7.92. The summed E-state index contributed by atoms with van der Waals surface area (Å²) in [5.74, 6) is 0.151. The lowest BCUT2D eigenvalue weighted by Gasteiger charge is -2.22. The predicted octanol–water partition coefficient (Wildman–Crippen LogP) is 5.78. The molecule has 3 N–H and O–H groups in total. The lowest BCUT2D eigenvalue weighted by molar-refractivity contribution is 0.558. The van der Waals surface area contributed by atoms with Crippen LogP contribution < -0.4 is 15.4 Å². The molecule has 6 heteroatoms. The van der Waals surface area contributed by atoms with Crippen molar-refractivity contribution < 1.29 is 8.42 Å². The van der Waals surface area contributed by atoms with Gasteiger partial charge in [0.1, 0.15) is 0 Å². The second-order valence-electron chi connectivity index (χ2n) is 7.55. The number of nitrogens with one attached hydrogen (secondary N) is 1. The first-order valence-electron chi connectivity index (χ1n) is 11.1. The fourth-order valence-corrected chi connectivity index (χ4v) is 4.61. The molecule has 28 heavy (non-hydrogen) atoms. The number of rotatable bonds is 16. The lowest BCUT2D eigenvalue weighted by atomic mass is 10.1. The van der Waals surface area contributed by atoms with E-state index in [1.54, 1.807) is 6.07 Å². The van der Waals surface area contributed by atoms with E-state index in [2.05, 4.69) is 30.4 Å². The Bertz CT molecular complexity index is 643. The topological polar surface area (TPSA) is 75.4 Å². The fraction of sp³-hybridized carbons (Fsp3) is 0.727. The van der Waals surface area contributed by atoms with E-state index in [0.717, 1.165) is 31.6 Å². The van der Waals surface area contributed by atoms with Crippen LogP contribution in [0.1, 0.15) is 85.0 Å². The van der Waals surface area contributed by atoms with Gasteiger partial charge < -0.3 is 10.6 Å². The Morgan fingerprint density at radius 2 is 1.39 bits per heavy atom. The Balaban J connectivity index is 2.37. The standard InChI is InChI=1S/C22H41N3O2S/c1-4-7-8-9-10-11-12-13-14-15-18-28(26,27)24-22-19-20(16-17-21(22)23)25(5-2)6-3/h16-17,19,24H,4-15,18,23H2,1-3H3. The molecular formula is C22H41N3O2S. The number of nitrogens with zero attached hydrogens (tertiary/aromatic N) is 1. The molecule has 0 aliphatic carbocycles. The van der Waals surface area contributed by atoms with Gasteiger partial charge >= 0.3 is 0 Å². The third kappa shape index (κ3) is 9.67. The van der Waals surface area contributed by atoms with Crippen molar-refractivity contribution in [1.82, 2.24) is 0 Å². The van der Waals surface area contributed by atoms with Crippen molar-refractivity contribution in [3.8, 4) is 0 Å². The first-order valence-corrected chi connectivity index (χ1v) is 12.7. The molecule has 0 unspecified atom stereocenters. The average Bonchev–Trinajstić information content (AvgIpc) is 2.66. The Labute approximate surface area is 173 Å². The van der Waals surface area contributed by atoms with E-state index >= 15 is 0 Å². The molecule has 0 radical (unpaired) electrons. The maximum Gasteiger partial charge on any atom is 0.232 e. The molecule has 0 spiro atoms. The number of unbranched alkanes of at least 4 members (excludes halogenated alkanes) is 9. The highest BCUT2D eigenvalue weighted by Crippen LogP contribution is 2.26. The molecule has 0 heterocycles. The maximum absolute atomic E-state index is 12.4. The minimum Gasteiger partial charge on any atom is -0.397 e. The molecule has 0 aliphatic rings. The second-order valence-corrected chi connectivity index (χ2v) is 9.39. The van der Waals surface area contributed by atoms with Crippen LogP contribution in [-0.2, 0) is 10.0 Å². The zero-order valence-electron chi connectivity index (χ0n) is 18.2. The Kier molecular flexibility index (Phi) is 12.0. The number of anilines is 3. The van der Waals surface area contributed by atoms with E-state index < -0.39 is 10.0 Å². The molecule has 0 amide bonds. The first kappa shape index (κ1) is 24.6. The molecule has 0 fully saturated rings. The van der Waals surface area contributed by atoms with Crippen LogP contribution in [-0.4, -0.2) is 27.3 Å². The first-order chi connectivity index (χ1) is 13.4. The molecule has 0 aliphatic heterocycles. The van der Waals surface area contributed by atoms with E-state index in [-0.39, 0.29) is 5.75 Å². The van der Waals surface area contributed by atoms with Gasteiger partial charge in [-0.25, -0.2) is 8.42 Å². The van der Waals surface area contributed by atoms with Gasteiger partial charge in [-0.3, -0.25) is 4.72 Å². The van der Waals surface area contributed by atoms with Crippen molar-refractivity contribution in [2.75, 3.05) is 34.2 Å². The molecule has 1 aromatic carbocycles. The summed E-state index contributed by atoms with van der Waals surface area (Å²) in [5.41, 5.74) is 7.91. The summed E-state index contributed by atoms with van der Waals surface area (Å²) in [6.07, 6.45) is 11.9. The smallest absolute Gasteiger partial charge is 0.232 e. The van der Waals surface area contributed by atoms with Crippen LogP contribution in [0.15, 0.2) is 18.2 Å². The van der Waals surface area contributed by atoms with Crippen LogP contribution in [0.3, 0.4) is 0 Å². The van der Waals surface area contributed by atoms with Crippen LogP contribution in [0.4, 0.5) is 17.1 Å². The van der Waals surface area contributed by atoms with Gasteiger partial charge in [-0.15, -0.1) is 0 Å². The molecule has 162 valence electrons. The van der Waals surface area contributed by atoms with Crippen molar-refractivity contribution in [3.63, 3.8) is 0 Å². The minimum absolute atomic E-state index is 0.151. The largest absolute Gasteiger partial charge is 0.397 e. The van der Waals surface area contributed by atoms with Gasteiger partial charge in [0.2, 0.25) is 10.0 Å². The van der Waals surface area contributed by atoms with Crippen LogP contribution in [0.25, 0.3) is 0 Å². The molecule has 0 saturated carbocycles. The number of nitrogen functional groups attached to an aromatic ring is 1. The van der Waals surface area contributed by atoms with Gasteiger partial charge in [-0.05, 0) is 38.5 Å². The van der Waals surface area contributed by atoms with Gasteiger partial charge in [0.05, 0.1) is 17.1 Å². The quantitative estimate of drug-likeness (QED) is 0.267. The molecule has 1 rings (SSSR count). The lowest BCUT2D eigenvalue weighted by Crippen LogP contribution is -2.22. The van der Waals surface area contributed by atoms with Crippen molar-refractivity contribution in [2.24, 2.45) is 0 Å². The van der Waals surface area contributed by atoms with Gasteiger partial charge in [0.25, 0.3) is 0 Å². The minimum atomic E-state index is -3.37. The van der Waals surface area contributed by atoms with Crippen LogP contribution in [0.2, 0.25) is 0 Å². The molecule has 0 atom stereocenters. The van der Waals surface area contributed by atoms with Gasteiger partial charge in [0, 0.05) is 18.8 Å². The van der Waals surface area contributed by atoms with Crippen molar-refractivity contribution in [3.05, 3.63) is 18.2 Å². The van der Waals surface area contributed by atoms with Crippen molar-refractivity contribution in [2.45, 2.75) is 85.0 Å². The Hall–Kier alpha value is -1.43. The van der Waals surface area contributed by atoms with E-state index in [9.17, 15) is 8.42 Å². The van der Waals surface area contributed by atoms with E-state index in [1.165, 1.54) is 44.9 Å². The molecule has 5 nitrogen and oxygen atoms in total. The zero-order chi connectivity index (χ0) is 20.8. The van der Waals surface area contributed by atoms with Crippen molar-refractivity contribution in [1.29, 1.82) is 0 Å². The highest BCUT2D eigenvalue weighted by Gasteiger charge is 2.13.